The molecule has 0 aliphatic carbocycles. The van der Waals surface area contributed by atoms with Gasteiger partial charge in [0, 0.05) is 6.54 Å². The number of carbonyl (C=O) groups excluding carboxylic acids is 2. The molecular weight excluding hydrogens is 358 g/mol. The Bertz CT molecular complexity index is 796. The molecule has 1 aliphatic rings. The van der Waals surface area contributed by atoms with Crippen molar-refractivity contribution >= 4 is 23.6 Å². The van der Waals surface area contributed by atoms with Gasteiger partial charge < -0.3 is 10.2 Å². The first kappa shape index (κ1) is 18.4. The maximum atomic E-state index is 13.1. The number of hydrogen-bond acceptors (Lipinski definition) is 3. The van der Waals surface area contributed by atoms with Crippen molar-refractivity contribution in [2.24, 2.45) is 0 Å². The molecule has 2 aromatic rings. The van der Waals surface area contributed by atoms with Gasteiger partial charge in [0.2, 0.25) is 11.8 Å². The number of rotatable bonds is 5. The van der Waals surface area contributed by atoms with Gasteiger partial charge in [-0.25, -0.2) is 8.78 Å². The molecule has 26 heavy (non-hydrogen) atoms. The highest BCUT2D eigenvalue weighted by Gasteiger charge is 2.38. The fourth-order valence-corrected chi connectivity index (χ4v) is 4.06. The standard InChI is InChI=1S/C19H18F2N2O2S/c1-12(18(25)22-10-13-2-6-15(20)7-3-13)23-17(24)11-26-19(23)14-4-8-16(21)9-5-14/h2-9,12,19H,10-11H2,1H3,(H,22,25)/t12-,19-/m1/s1. The summed E-state index contributed by atoms with van der Waals surface area (Å²) in [5, 5.41) is 2.45. The molecule has 1 heterocycles. The fraction of sp³-hybridized carbons (Fsp3) is 0.263. The lowest BCUT2D eigenvalue weighted by Crippen LogP contribution is -2.46. The molecule has 2 amide bonds. The SMILES string of the molecule is C[C@H](C(=O)NCc1ccc(F)cc1)N1C(=O)CS[C@@H]1c1ccc(F)cc1. The summed E-state index contributed by atoms with van der Waals surface area (Å²) in [7, 11) is 0. The summed E-state index contributed by atoms with van der Waals surface area (Å²) in [6.45, 7) is 1.92. The predicted molar refractivity (Wildman–Crippen MR) is 96.2 cm³/mol. The van der Waals surface area contributed by atoms with Gasteiger partial charge in [0.1, 0.15) is 23.1 Å². The molecule has 2 atom stereocenters. The summed E-state index contributed by atoms with van der Waals surface area (Å²) in [4.78, 5) is 26.3. The smallest absolute Gasteiger partial charge is 0.242 e. The summed E-state index contributed by atoms with van der Waals surface area (Å²) in [5.41, 5.74) is 1.55. The number of hydrogen-bond donors (Lipinski definition) is 1. The lowest BCUT2D eigenvalue weighted by Gasteiger charge is -2.29. The Morgan fingerprint density at radius 2 is 1.73 bits per heavy atom. The minimum atomic E-state index is -0.673. The average Bonchev–Trinajstić information content (AvgIpc) is 3.02. The number of nitrogens with one attached hydrogen (secondary N) is 1. The molecule has 0 bridgehead atoms. The number of thioether (sulfide) groups is 1. The van der Waals surface area contributed by atoms with E-state index in [0.717, 1.165) is 11.1 Å². The number of nitrogens with zero attached hydrogens (tertiary/aromatic N) is 1. The summed E-state index contributed by atoms with van der Waals surface area (Å²) in [5.74, 6) is -0.835. The quantitative estimate of drug-likeness (QED) is 0.872. The minimum absolute atomic E-state index is 0.131. The molecule has 3 rings (SSSR count). The average molecular weight is 376 g/mol. The Kier molecular flexibility index (Phi) is 5.56. The van der Waals surface area contributed by atoms with Gasteiger partial charge in [-0.2, -0.15) is 0 Å². The van der Waals surface area contributed by atoms with Crippen LogP contribution in [0.4, 0.5) is 8.78 Å². The van der Waals surface area contributed by atoms with Crippen LogP contribution in [0, 0.1) is 11.6 Å². The van der Waals surface area contributed by atoms with E-state index in [9.17, 15) is 18.4 Å². The lowest BCUT2D eigenvalue weighted by atomic mass is 10.1. The van der Waals surface area contributed by atoms with Crippen LogP contribution in [0.5, 0.6) is 0 Å². The van der Waals surface area contributed by atoms with Crippen LogP contribution in [0.3, 0.4) is 0 Å². The van der Waals surface area contributed by atoms with Crippen LogP contribution < -0.4 is 5.32 Å². The Balaban J connectivity index is 1.68. The highest BCUT2D eigenvalue weighted by atomic mass is 32.2. The van der Waals surface area contributed by atoms with Crippen molar-refractivity contribution in [3.63, 3.8) is 0 Å². The second-order valence-electron chi connectivity index (χ2n) is 6.04. The Morgan fingerprint density at radius 3 is 2.35 bits per heavy atom. The predicted octanol–water partition coefficient (Wildman–Crippen LogP) is 3.24. The normalized spacial score (nSPS) is 18.0. The van der Waals surface area contributed by atoms with Crippen LogP contribution in [0.25, 0.3) is 0 Å². The summed E-state index contributed by atoms with van der Waals surface area (Å²) in [6.07, 6.45) is 0. The first-order valence-corrected chi connectivity index (χ1v) is 9.21. The fourth-order valence-electron chi connectivity index (χ4n) is 2.80. The molecule has 1 fully saturated rings. The van der Waals surface area contributed by atoms with Gasteiger partial charge in [-0.05, 0) is 42.3 Å². The Hall–Kier alpha value is -2.41. The van der Waals surface area contributed by atoms with E-state index in [2.05, 4.69) is 5.32 Å². The molecule has 0 aromatic heterocycles. The van der Waals surface area contributed by atoms with Gasteiger partial charge in [-0.1, -0.05) is 24.3 Å². The maximum Gasteiger partial charge on any atom is 0.242 e. The summed E-state index contributed by atoms with van der Waals surface area (Å²) < 4.78 is 26.1. The van der Waals surface area contributed by atoms with Crippen molar-refractivity contribution in [2.75, 3.05) is 5.75 Å². The van der Waals surface area contributed by atoms with Gasteiger partial charge in [-0.3, -0.25) is 9.59 Å². The zero-order valence-electron chi connectivity index (χ0n) is 14.1. The number of carbonyl (C=O) groups is 2. The summed E-state index contributed by atoms with van der Waals surface area (Å²) in [6, 6.07) is 11.1. The third-order valence-corrected chi connectivity index (χ3v) is 5.47. The van der Waals surface area contributed by atoms with E-state index in [0.29, 0.717) is 0 Å². The van der Waals surface area contributed by atoms with Crippen LogP contribution in [0.2, 0.25) is 0 Å². The van der Waals surface area contributed by atoms with E-state index in [-0.39, 0.29) is 41.1 Å². The van der Waals surface area contributed by atoms with Crippen LogP contribution in [-0.4, -0.2) is 28.5 Å². The van der Waals surface area contributed by atoms with E-state index >= 15 is 0 Å². The van der Waals surface area contributed by atoms with E-state index in [1.54, 1.807) is 31.2 Å². The van der Waals surface area contributed by atoms with E-state index < -0.39 is 6.04 Å². The maximum absolute atomic E-state index is 13.1. The minimum Gasteiger partial charge on any atom is -0.350 e. The van der Waals surface area contributed by atoms with Crippen molar-refractivity contribution in [3.8, 4) is 0 Å². The van der Waals surface area contributed by atoms with Gasteiger partial charge in [0.15, 0.2) is 0 Å². The van der Waals surface area contributed by atoms with Gasteiger partial charge in [0.05, 0.1) is 5.75 Å². The molecule has 1 saturated heterocycles. The van der Waals surface area contributed by atoms with Gasteiger partial charge >= 0.3 is 0 Å². The van der Waals surface area contributed by atoms with Crippen molar-refractivity contribution in [1.82, 2.24) is 10.2 Å². The largest absolute Gasteiger partial charge is 0.350 e. The van der Waals surface area contributed by atoms with Gasteiger partial charge in [-0.15, -0.1) is 11.8 Å². The first-order chi connectivity index (χ1) is 12.5. The van der Waals surface area contributed by atoms with Crippen LogP contribution in [-0.2, 0) is 16.1 Å². The first-order valence-electron chi connectivity index (χ1n) is 8.16. The number of benzene rings is 2. The number of amides is 2. The molecule has 2 aromatic carbocycles. The van der Waals surface area contributed by atoms with Crippen molar-refractivity contribution < 1.29 is 18.4 Å². The molecule has 4 nitrogen and oxygen atoms in total. The topological polar surface area (TPSA) is 49.4 Å². The lowest BCUT2D eigenvalue weighted by molar-refractivity contribution is -0.137. The number of halogens is 2. The van der Waals surface area contributed by atoms with Crippen LogP contribution in [0.15, 0.2) is 48.5 Å². The summed E-state index contributed by atoms with van der Waals surface area (Å²) >= 11 is 1.41. The molecule has 1 aliphatic heterocycles. The van der Waals surface area contributed by atoms with Gasteiger partial charge in [0.25, 0.3) is 0 Å². The van der Waals surface area contributed by atoms with Crippen molar-refractivity contribution in [3.05, 3.63) is 71.3 Å². The van der Waals surface area contributed by atoms with Crippen molar-refractivity contribution in [1.29, 1.82) is 0 Å². The highest BCUT2D eigenvalue weighted by molar-refractivity contribution is 8.00. The third kappa shape index (κ3) is 4.04. The molecule has 0 spiro atoms. The van der Waals surface area contributed by atoms with E-state index in [1.807, 2.05) is 0 Å². The zero-order valence-corrected chi connectivity index (χ0v) is 14.9. The Morgan fingerprint density at radius 1 is 1.15 bits per heavy atom. The van der Waals surface area contributed by atoms with E-state index in [1.165, 1.54) is 40.9 Å². The Labute approximate surface area is 154 Å². The van der Waals surface area contributed by atoms with Crippen LogP contribution >= 0.6 is 11.8 Å². The zero-order chi connectivity index (χ0) is 18.7. The molecule has 7 heteroatoms. The molecule has 136 valence electrons. The highest BCUT2D eigenvalue weighted by Crippen LogP contribution is 2.39. The molecule has 0 unspecified atom stereocenters. The van der Waals surface area contributed by atoms with Crippen molar-refractivity contribution in [2.45, 2.75) is 24.9 Å². The monoisotopic (exact) mass is 376 g/mol. The van der Waals surface area contributed by atoms with Crippen LogP contribution in [0.1, 0.15) is 23.4 Å². The molecule has 0 radical (unpaired) electrons. The second-order valence-corrected chi connectivity index (χ2v) is 7.10. The molecular formula is C19H18F2N2O2S. The second kappa shape index (κ2) is 7.86. The molecule has 1 N–H and O–H groups in total. The van der Waals surface area contributed by atoms with E-state index in [4.69, 9.17) is 0 Å². The third-order valence-electron chi connectivity index (χ3n) is 4.24. The molecule has 0 saturated carbocycles.